The zero-order valence-corrected chi connectivity index (χ0v) is 13.8. The summed E-state index contributed by atoms with van der Waals surface area (Å²) in [5.74, 6) is -0.258. The molecule has 1 unspecified atom stereocenters. The van der Waals surface area contributed by atoms with Crippen molar-refractivity contribution in [2.24, 2.45) is 0 Å². The molecule has 1 atom stereocenters. The number of benzene rings is 1. The summed E-state index contributed by atoms with van der Waals surface area (Å²) in [4.78, 5) is 0. The van der Waals surface area contributed by atoms with Crippen LogP contribution in [-0.4, -0.2) is 41.3 Å². The summed E-state index contributed by atoms with van der Waals surface area (Å²) >= 11 is 0. The highest BCUT2D eigenvalue weighted by atomic mass is 19.1. The van der Waals surface area contributed by atoms with Crippen LogP contribution < -0.4 is 5.32 Å². The van der Waals surface area contributed by atoms with Gasteiger partial charge in [-0.15, -0.1) is 0 Å². The minimum absolute atomic E-state index is 0.258. The van der Waals surface area contributed by atoms with E-state index in [1.165, 1.54) is 12.1 Å². The first kappa shape index (κ1) is 17.6. The fourth-order valence-electron chi connectivity index (χ4n) is 2.52. The van der Waals surface area contributed by atoms with Crippen LogP contribution in [0.4, 0.5) is 4.39 Å². The van der Waals surface area contributed by atoms with Crippen LogP contribution in [0.1, 0.15) is 23.4 Å². The van der Waals surface area contributed by atoms with Crippen molar-refractivity contribution in [2.45, 2.75) is 32.9 Å². The summed E-state index contributed by atoms with van der Waals surface area (Å²) in [6, 6.07) is 6.29. The molecule has 2 aromatic rings. The van der Waals surface area contributed by atoms with Crippen LogP contribution in [0.5, 0.6) is 0 Å². The number of halogens is 1. The third-order valence-corrected chi connectivity index (χ3v) is 3.83. The number of aryl methyl sites for hydroxylation is 1. The van der Waals surface area contributed by atoms with Crippen molar-refractivity contribution in [3.05, 3.63) is 47.0 Å². The number of aliphatic hydroxyl groups excluding tert-OH is 1. The van der Waals surface area contributed by atoms with Crippen molar-refractivity contribution in [1.29, 1.82) is 0 Å². The summed E-state index contributed by atoms with van der Waals surface area (Å²) < 4.78 is 19.8. The van der Waals surface area contributed by atoms with Crippen LogP contribution in [0.3, 0.4) is 0 Å². The molecule has 0 amide bonds. The van der Waals surface area contributed by atoms with E-state index < -0.39 is 6.10 Å². The van der Waals surface area contributed by atoms with Gasteiger partial charge in [0.2, 0.25) is 0 Å². The fraction of sp³-hybridized carbons (Fsp3) is 0.471. The van der Waals surface area contributed by atoms with E-state index in [1.807, 2.05) is 18.5 Å². The molecular formula is C17H24FN3O2. The largest absolute Gasteiger partial charge is 0.391 e. The number of rotatable bonds is 8. The van der Waals surface area contributed by atoms with Crippen molar-refractivity contribution in [3.63, 3.8) is 0 Å². The molecular weight excluding hydrogens is 297 g/mol. The Labute approximate surface area is 136 Å². The zero-order valence-electron chi connectivity index (χ0n) is 13.8. The average Bonchev–Trinajstić information content (AvgIpc) is 2.80. The van der Waals surface area contributed by atoms with E-state index in [4.69, 9.17) is 4.74 Å². The molecule has 0 saturated carbocycles. The van der Waals surface area contributed by atoms with Gasteiger partial charge in [0, 0.05) is 24.9 Å². The van der Waals surface area contributed by atoms with Crippen molar-refractivity contribution >= 4 is 0 Å². The highest BCUT2D eigenvalue weighted by Gasteiger charge is 2.12. The third kappa shape index (κ3) is 4.60. The Morgan fingerprint density at radius 3 is 2.65 bits per heavy atom. The van der Waals surface area contributed by atoms with Crippen molar-refractivity contribution < 1.29 is 14.2 Å². The number of aromatic nitrogens is 2. The minimum Gasteiger partial charge on any atom is -0.391 e. The van der Waals surface area contributed by atoms with Crippen LogP contribution in [0.2, 0.25) is 0 Å². The van der Waals surface area contributed by atoms with Gasteiger partial charge < -0.3 is 15.2 Å². The molecule has 0 saturated heterocycles. The third-order valence-electron chi connectivity index (χ3n) is 3.83. The highest BCUT2D eigenvalue weighted by Crippen LogP contribution is 2.18. The van der Waals surface area contributed by atoms with E-state index in [-0.39, 0.29) is 5.82 Å². The van der Waals surface area contributed by atoms with Crippen molar-refractivity contribution in [1.82, 2.24) is 15.1 Å². The molecule has 1 aromatic carbocycles. The molecule has 0 aliphatic heterocycles. The van der Waals surface area contributed by atoms with Gasteiger partial charge in [-0.1, -0.05) is 0 Å². The standard InChI is InChI=1S/C17H24FN3O2/c1-12-17(10-19-9-8-16(22)11-23-3)13(2)21(20-12)15-6-4-14(18)5-7-15/h4-7,16,19,22H,8-11H2,1-3H3. The quantitative estimate of drug-likeness (QED) is 0.731. The molecule has 2 N–H and O–H groups in total. The lowest BCUT2D eigenvalue weighted by Gasteiger charge is -2.10. The summed E-state index contributed by atoms with van der Waals surface area (Å²) in [6.45, 7) is 5.69. The smallest absolute Gasteiger partial charge is 0.123 e. The van der Waals surface area contributed by atoms with Gasteiger partial charge in [-0.25, -0.2) is 9.07 Å². The number of methoxy groups -OCH3 is 1. The molecule has 0 radical (unpaired) electrons. The Morgan fingerprint density at radius 1 is 1.30 bits per heavy atom. The first-order valence-corrected chi connectivity index (χ1v) is 7.71. The molecule has 1 heterocycles. The molecule has 126 valence electrons. The second-order valence-electron chi connectivity index (χ2n) is 5.61. The zero-order chi connectivity index (χ0) is 16.8. The number of nitrogens with zero attached hydrogens (tertiary/aromatic N) is 2. The lowest BCUT2D eigenvalue weighted by atomic mass is 10.2. The molecule has 6 heteroatoms. The van der Waals surface area contributed by atoms with Crippen molar-refractivity contribution in [3.8, 4) is 5.69 Å². The number of aliphatic hydroxyl groups is 1. The van der Waals surface area contributed by atoms with Crippen LogP contribution in [0, 0.1) is 19.7 Å². The predicted octanol–water partition coefficient (Wildman–Crippen LogP) is 2.12. The monoisotopic (exact) mass is 321 g/mol. The lowest BCUT2D eigenvalue weighted by molar-refractivity contribution is 0.0594. The Morgan fingerprint density at radius 2 is 2.00 bits per heavy atom. The molecule has 0 fully saturated rings. The van der Waals surface area contributed by atoms with E-state index in [0.717, 1.165) is 22.6 Å². The van der Waals surface area contributed by atoms with Gasteiger partial charge in [-0.2, -0.15) is 5.10 Å². The van der Waals surface area contributed by atoms with Gasteiger partial charge >= 0.3 is 0 Å². The van der Waals surface area contributed by atoms with Crippen LogP contribution >= 0.6 is 0 Å². The highest BCUT2D eigenvalue weighted by molar-refractivity contribution is 5.37. The average molecular weight is 321 g/mol. The van der Waals surface area contributed by atoms with E-state index in [2.05, 4.69) is 10.4 Å². The maximum Gasteiger partial charge on any atom is 0.123 e. The van der Waals surface area contributed by atoms with Gasteiger partial charge in [0.25, 0.3) is 0 Å². The second-order valence-corrected chi connectivity index (χ2v) is 5.61. The molecule has 2 rings (SSSR count). The molecule has 0 spiro atoms. The SMILES string of the molecule is COCC(O)CCNCc1c(C)nn(-c2ccc(F)cc2)c1C. The summed E-state index contributed by atoms with van der Waals surface area (Å²) in [5, 5.41) is 17.5. The second kappa shape index (κ2) is 8.19. The Hall–Kier alpha value is -1.76. The maximum atomic E-state index is 13.0. The summed E-state index contributed by atoms with van der Waals surface area (Å²) in [6.07, 6.45) is 0.189. The number of hydrogen-bond acceptors (Lipinski definition) is 4. The van der Waals surface area contributed by atoms with E-state index >= 15 is 0 Å². The van der Waals surface area contributed by atoms with Crippen molar-refractivity contribution in [2.75, 3.05) is 20.3 Å². The predicted molar refractivity (Wildman–Crippen MR) is 87.2 cm³/mol. The maximum absolute atomic E-state index is 13.0. The van der Waals surface area contributed by atoms with Crippen LogP contribution in [-0.2, 0) is 11.3 Å². The number of hydrogen-bond donors (Lipinski definition) is 2. The number of nitrogens with one attached hydrogen (secondary N) is 1. The first-order valence-electron chi connectivity index (χ1n) is 7.71. The Kier molecular flexibility index (Phi) is 6.27. The van der Waals surface area contributed by atoms with Crippen LogP contribution in [0.25, 0.3) is 5.69 Å². The lowest BCUT2D eigenvalue weighted by Crippen LogP contribution is -2.23. The number of ether oxygens (including phenoxy) is 1. The minimum atomic E-state index is -0.448. The fourth-order valence-corrected chi connectivity index (χ4v) is 2.52. The molecule has 0 aliphatic carbocycles. The summed E-state index contributed by atoms with van der Waals surface area (Å²) in [7, 11) is 1.58. The normalized spacial score (nSPS) is 12.6. The molecule has 0 aliphatic rings. The molecule has 1 aromatic heterocycles. The van der Waals surface area contributed by atoms with Gasteiger partial charge in [0.1, 0.15) is 5.82 Å². The topological polar surface area (TPSA) is 59.3 Å². The first-order chi connectivity index (χ1) is 11.0. The van der Waals surface area contributed by atoms with Gasteiger partial charge in [0.15, 0.2) is 0 Å². The van der Waals surface area contributed by atoms with Gasteiger partial charge in [-0.05, 0) is 51.1 Å². The molecule has 5 nitrogen and oxygen atoms in total. The summed E-state index contributed by atoms with van der Waals surface area (Å²) in [5.41, 5.74) is 3.93. The van der Waals surface area contributed by atoms with Gasteiger partial charge in [-0.3, -0.25) is 0 Å². The Bertz CT molecular complexity index is 626. The molecule has 23 heavy (non-hydrogen) atoms. The Balaban J connectivity index is 1.99. The van der Waals surface area contributed by atoms with E-state index in [1.54, 1.807) is 19.2 Å². The van der Waals surface area contributed by atoms with Gasteiger partial charge in [0.05, 0.1) is 24.1 Å². The van der Waals surface area contributed by atoms with E-state index in [9.17, 15) is 9.50 Å². The van der Waals surface area contributed by atoms with E-state index in [0.29, 0.717) is 26.1 Å². The van der Waals surface area contributed by atoms with Crippen LogP contribution in [0.15, 0.2) is 24.3 Å². The molecule has 0 bridgehead atoms.